The Morgan fingerprint density at radius 2 is 2.50 bits per heavy atom. The van der Waals surface area contributed by atoms with E-state index >= 15 is 0 Å². The van der Waals surface area contributed by atoms with Crippen molar-refractivity contribution >= 4 is 5.97 Å². The molecule has 4 nitrogen and oxygen atoms in total. The number of imidazole rings is 1. The van der Waals surface area contributed by atoms with Crippen LogP contribution in [0.3, 0.4) is 0 Å². The maximum Gasteiger partial charge on any atom is 0.310 e. The van der Waals surface area contributed by atoms with Crippen molar-refractivity contribution in [3.8, 4) is 0 Å². The number of rotatable bonds is 3. The predicted octanol–water partition coefficient (Wildman–Crippen LogP) is 0.817. The third-order valence-corrected chi connectivity index (χ3v) is 2.39. The highest BCUT2D eigenvalue weighted by atomic mass is 16.4. The lowest BCUT2D eigenvalue weighted by atomic mass is 10.0. The molecule has 0 saturated heterocycles. The number of nitrogens with zero attached hydrogens (tertiary/aromatic N) is 1. The second-order valence-corrected chi connectivity index (χ2v) is 3.34. The third-order valence-electron chi connectivity index (χ3n) is 2.39. The van der Waals surface area contributed by atoms with E-state index in [0.29, 0.717) is 6.42 Å². The average Bonchev–Trinajstić information content (AvgIpc) is 2.60. The Morgan fingerprint density at radius 3 is 2.92 bits per heavy atom. The molecule has 4 heteroatoms. The summed E-state index contributed by atoms with van der Waals surface area (Å²) in [5.41, 5.74) is 0.432. The van der Waals surface area contributed by atoms with E-state index in [4.69, 9.17) is 5.11 Å². The number of carboxylic acid groups (broad SMARTS) is 1. The number of aromatic nitrogens is 2. The minimum Gasteiger partial charge on any atom is -0.481 e. The first-order valence-corrected chi connectivity index (χ1v) is 3.94. The highest BCUT2D eigenvalue weighted by Gasteiger charge is 2.50. The van der Waals surface area contributed by atoms with Gasteiger partial charge in [0.2, 0.25) is 0 Å². The van der Waals surface area contributed by atoms with Crippen LogP contribution in [0.4, 0.5) is 0 Å². The van der Waals surface area contributed by atoms with E-state index in [-0.39, 0.29) is 0 Å². The Bertz CT molecular complexity index is 288. The number of nitrogens with one attached hydrogen (secondary N) is 1. The van der Waals surface area contributed by atoms with Crippen LogP contribution in [-0.2, 0) is 11.2 Å². The molecule has 1 aliphatic carbocycles. The fourth-order valence-corrected chi connectivity index (χ4v) is 1.36. The Labute approximate surface area is 69.6 Å². The predicted molar refractivity (Wildman–Crippen MR) is 41.6 cm³/mol. The molecule has 0 spiro atoms. The number of hydrogen-bond donors (Lipinski definition) is 2. The Morgan fingerprint density at radius 1 is 1.75 bits per heavy atom. The van der Waals surface area contributed by atoms with Crippen LogP contribution in [0.1, 0.15) is 18.5 Å². The summed E-state index contributed by atoms with van der Waals surface area (Å²) in [5, 5.41) is 8.87. The van der Waals surface area contributed by atoms with Crippen LogP contribution in [0.2, 0.25) is 0 Å². The monoisotopic (exact) mass is 166 g/mol. The molecular weight excluding hydrogens is 156 g/mol. The second-order valence-electron chi connectivity index (χ2n) is 3.34. The minimum atomic E-state index is -0.683. The topological polar surface area (TPSA) is 66.0 Å². The molecule has 0 amide bonds. The first-order valence-electron chi connectivity index (χ1n) is 3.94. The summed E-state index contributed by atoms with van der Waals surface area (Å²) in [6.07, 6.45) is 5.43. The van der Waals surface area contributed by atoms with Crippen LogP contribution in [0.5, 0.6) is 0 Å². The van der Waals surface area contributed by atoms with Crippen molar-refractivity contribution in [1.29, 1.82) is 0 Å². The normalized spacial score (nSPS) is 19.0. The van der Waals surface area contributed by atoms with Gasteiger partial charge in [0.15, 0.2) is 0 Å². The van der Waals surface area contributed by atoms with Gasteiger partial charge < -0.3 is 10.1 Å². The fraction of sp³-hybridized carbons (Fsp3) is 0.500. The van der Waals surface area contributed by atoms with Crippen molar-refractivity contribution in [2.24, 2.45) is 5.41 Å². The molecule has 0 radical (unpaired) electrons. The molecule has 1 aromatic heterocycles. The van der Waals surface area contributed by atoms with Gasteiger partial charge in [0.05, 0.1) is 11.7 Å². The number of H-pyrrole nitrogens is 1. The van der Waals surface area contributed by atoms with Gasteiger partial charge >= 0.3 is 5.97 Å². The van der Waals surface area contributed by atoms with Crippen molar-refractivity contribution in [2.45, 2.75) is 19.3 Å². The van der Waals surface area contributed by atoms with E-state index in [9.17, 15) is 4.79 Å². The molecule has 1 aliphatic rings. The van der Waals surface area contributed by atoms with Crippen LogP contribution in [0.15, 0.2) is 12.5 Å². The quantitative estimate of drug-likeness (QED) is 0.698. The van der Waals surface area contributed by atoms with Crippen molar-refractivity contribution in [2.75, 3.05) is 0 Å². The van der Waals surface area contributed by atoms with Gasteiger partial charge in [0, 0.05) is 18.3 Å². The van der Waals surface area contributed by atoms with Gasteiger partial charge in [0.25, 0.3) is 0 Å². The number of carbonyl (C=O) groups is 1. The number of hydrogen-bond acceptors (Lipinski definition) is 2. The maximum atomic E-state index is 10.8. The van der Waals surface area contributed by atoms with Crippen molar-refractivity contribution in [1.82, 2.24) is 9.97 Å². The molecule has 64 valence electrons. The highest BCUT2D eigenvalue weighted by Crippen LogP contribution is 2.48. The smallest absolute Gasteiger partial charge is 0.310 e. The Balaban J connectivity index is 2.09. The van der Waals surface area contributed by atoms with Gasteiger partial charge in [-0.15, -0.1) is 0 Å². The second kappa shape index (κ2) is 2.33. The van der Waals surface area contributed by atoms with E-state index in [2.05, 4.69) is 9.97 Å². The SMILES string of the molecule is O=C(O)C1(Cc2cnc[nH]2)CC1. The highest BCUT2D eigenvalue weighted by molar-refractivity contribution is 5.78. The summed E-state index contributed by atoms with van der Waals surface area (Å²) in [6, 6.07) is 0. The van der Waals surface area contributed by atoms with E-state index in [1.807, 2.05) is 0 Å². The zero-order valence-corrected chi connectivity index (χ0v) is 6.58. The van der Waals surface area contributed by atoms with E-state index < -0.39 is 11.4 Å². The van der Waals surface area contributed by atoms with Crippen molar-refractivity contribution in [3.05, 3.63) is 18.2 Å². The summed E-state index contributed by atoms with van der Waals surface area (Å²) < 4.78 is 0. The molecule has 0 aliphatic heterocycles. The van der Waals surface area contributed by atoms with Crippen molar-refractivity contribution < 1.29 is 9.90 Å². The zero-order valence-electron chi connectivity index (χ0n) is 6.58. The largest absolute Gasteiger partial charge is 0.481 e. The van der Waals surface area contributed by atoms with Crippen LogP contribution < -0.4 is 0 Å². The van der Waals surface area contributed by atoms with Crippen LogP contribution in [-0.4, -0.2) is 21.0 Å². The maximum absolute atomic E-state index is 10.8. The van der Waals surface area contributed by atoms with Gasteiger partial charge in [0.1, 0.15) is 0 Å². The molecule has 0 aromatic carbocycles. The first kappa shape index (κ1) is 7.34. The minimum absolute atomic E-state index is 0.480. The van der Waals surface area contributed by atoms with E-state index in [1.165, 1.54) is 0 Å². The lowest BCUT2D eigenvalue weighted by Gasteiger charge is -2.06. The molecule has 0 bridgehead atoms. The summed E-state index contributed by atoms with van der Waals surface area (Å²) >= 11 is 0. The zero-order chi connectivity index (χ0) is 8.60. The molecule has 1 heterocycles. The molecule has 2 N–H and O–H groups in total. The lowest BCUT2D eigenvalue weighted by Crippen LogP contribution is -2.17. The summed E-state index contributed by atoms with van der Waals surface area (Å²) in [5.74, 6) is -0.683. The summed E-state index contributed by atoms with van der Waals surface area (Å²) in [4.78, 5) is 17.5. The standard InChI is InChI=1S/C8H10N2O2/c11-7(12)8(1-2-8)3-6-4-9-5-10-6/h4-5H,1-3H2,(H,9,10)(H,11,12). The number of carboxylic acids is 1. The Kier molecular flexibility index (Phi) is 1.43. The van der Waals surface area contributed by atoms with Crippen molar-refractivity contribution in [3.63, 3.8) is 0 Å². The molecular formula is C8H10N2O2. The van der Waals surface area contributed by atoms with Crippen LogP contribution in [0, 0.1) is 5.41 Å². The van der Waals surface area contributed by atoms with Crippen LogP contribution >= 0.6 is 0 Å². The van der Waals surface area contributed by atoms with Gasteiger partial charge in [-0.05, 0) is 12.8 Å². The molecule has 0 unspecified atom stereocenters. The lowest BCUT2D eigenvalue weighted by molar-refractivity contribution is -0.143. The van der Waals surface area contributed by atoms with Gasteiger partial charge in [-0.2, -0.15) is 0 Å². The first-order chi connectivity index (χ1) is 5.73. The molecule has 1 fully saturated rings. The van der Waals surface area contributed by atoms with Gasteiger partial charge in [-0.3, -0.25) is 4.79 Å². The molecule has 0 atom stereocenters. The molecule has 12 heavy (non-hydrogen) atoms. The fourth-order valence-electron chi connectivity index (χ4n) is 1.36. The molecule has 2 rings (SSSR count). The summed E-state index contributed by atoms with van der Waals surface area (Å²) in [6.45, 7) is 0. The number of aliphatic carboxylic acids is 1. The number of aromatic amines is 1. The molecule has 1 aromatic rings. The van der Waals surface area contributed by atoms with Gasteiger partial charge in [-0.1, -0.05) is 0 Å². The summed E-state index contributed by atoms with van der Waals surface area (Å²) in [7, 11) is 0. The Hall–Kier alpha value is -1.32. The van der Waals surface area contributed by atoms with Gasteiger partial charge in [-0.25, -0.2) is 4.98 Å². The molecule has 1 saturated carbocycles. The van der Waals surface area contributed by atoms with Crippen LogP contribution in [0.25, 0.3) is 0 Å². The average molecular weight is 166 g/mol. The van der Waals surface area contributed by atoms with E-state index in [1.54, 1.807) is 12.5 Å². The third kappa shape index (κ3) is 1.09. The van der Waals surface area contributed by atoms with E-state index in [0.717, 1.165) is 18.5 Å².